The van der Waals surface area contributed by atoms with Crippen LogP contribution in [0.2, 0.25) is 0 Å². The average molecular weight is 268 g/mol. The molecule has 0 heterocycles. The summed E-state index contributed by atoms with van der Waals surface area (Å²) in [4.78, 5) is 24.7. The lowest BCUT2D eigenvalue weighted by atomic mass is 9.77. The van der Waals surface area contributed by atoms with Crippen molar-refractivity contribution < 1.29 is 9.59 Å². The molecule has 2 fully saturated rings. The fourth-order valence-electron chi connectivity index (χ4n) is 3.70. The number of rotatable bonds is 1. The highest BCUT2D eigenvalue weighted by Crippen LogP contribution is 2.49. The summed E-state index contributed by atoms with van der Waals surface area (Å²) in [7, 11) is 0. The molecule has 0 saturated heterocycles. The maximum atomic E-state index is 12.4. The lowest BCUT2D eigenvalue weighted by Crippen LogP contribution is -2.28. The van der Waals surface area contributed by atoms with Crippen LogP contribution in [-0.2, 0) is 9.59 Å². The van der Waals surface area contributed by atoms with Crippen LogP contribution < -0.4 is 0 Å². The van der Waals surface area contributed by atoms with Crippen molar-refractivity contribution in [3.8, 4) is 0 Å². The van der Waals surface area contributed by atoms with Crippen LogP contribution in [-0.4, -0.2) is 11.6 Å². The van der Waals surface area contributed by atoms with Crippen molar-refractivity contribution in [2.75, 3.05) is 0 Å². The number of fused-ring (bicyclic) bond motifs is 1. The van der Waals surface area contributed by atoms with Crippen LogP contribution in [0.15, 0.2) is 35.9 Å². The summed E-state index contributed by atoms with van der Waals surface area (Å²) in [6, 6.07) is 9.88. The maximum Gasteiger partial charge on any atom is 0.159 e. The van der Waals surface area contributed by atoms with E-state index in [-0.39, 0.29) is 23.0 Å². The van der Waals surface area contributed by atoms with Crippen molar-refractivity contribution in [2.24, 2.45) is 17.3 Å². The Balaban J connectivity index is 1.88. The second-order valence-corrected chi connectivity index (χ2v) is 6.73. The number of allylic oxidation sites excluding steroid dienone is 1. The number of benzene rings is 1. The first-order valence-electron chi connectivity index (χ1n) is 7.30. The second-order valence-electron chi connectivity index (χ2n) is 6.73. The molecule has 2 aliphatic rings. The van der Waals surface area contributed by atoms with Gasteiger partial charge in [0.05, 0.1) is 0 Å². The van der Waals surface area contributed by atoms with Gasteiger partial charge in [-0.3, -0.25) is 9.59 Å². The van der Waals surface area contributed by atoms with Gasteiger partial charge < -0.3 is 0 Å². The van der Waals surface area contributed by atoms with E-state index in [4.69, 9.17) is 0 Å². The van der Waals surface area contributed by atoms with Gasteiger partial charge in [-0.1, -0.05) is 44.2 Å². The lowest BCUT2D eigenvalue weighted by Gasteiger charge is -2.25. The molecule has 0 N–H and O–H groups in total. The number of Topliss-reactive ketones (excluding diaryl/α,β-unsaturated/α-hetero) is 2. The van der Waals surface area contributed by atoms with Gasteiger partial charge >= 0.3 is 0 Å². The number of ketones is 2. The first kappa shape index (κ1) is 13.3. The van der Waals surface area contributed by atoms with Crippen molar-refractivity contribution in [1.82, 2.24) is 0 Å². The maximum absolute atomic E-state index is 12.4. The molecule has 20 heavy (non-hydrogen) atoms. The van der Waals surface area contributed by atoms with Crippen LogP contribution in [0.25, 0.3) is 6.08 Å². The highest BCUT2D eigenvalue weighted by Gasteiger charge is 2.50. The third-order valence-corrected chi connectivity index (χ3v) is 4.73. The largest absolute Gasteiger partial charge is 0.299 e. The van der Waals surface area contributed by atoms with Gasteiger partial charge in [-0.2, -0.15) is 0 Å². The van der Waals surface area contributed by atoms with E-state index in [2.05, 4.69) is 0 Å². The Morgan fingerprint density at radius 2 is 1.80 bits per heavy atom. The Morgan fingerprint density at radius 3 is 2.50 bits per heavy atom. The van der Waals surface area contributed by atoms with Gasteiger partial charge in [0.25, 0.3) is 0 Å². The van der Waals surface area contributed by atoms with E-state index in [0.29, 0.717) is 18.6 Å². The zero-order valence-corrected chi connectivity index (χ0v) is 12.1. The summed E-state index contributed by atoms with van der Waals surface area (Å²) in [5.74, 6) is 0.880. The highest BCUT2D eigenvalue weighted by molar-refractivity contribution is 6.03. The predicted octanol–water partition coefficient (Wildman–Crippen LogP) is 3.66. The molecule has 104 valence electrons. The molecule has 0 unspecified atom stereocenters. The Bertz CT molecular complexity index is 581. The molecule has 0 bridgehead atoms. The third kappa shape index (κ3) is 2.24. The van der Waals surface area contributed by atoms with Gasteiger partial charge in [0, 0.05) is 17.8 Å². The van der Waals surface area contributed by atoms with Gasteiger partial charge in [-0.05, 0) is 36.0 Å². The molecule has 1 aromatic rings. The molecule has 2 saturated carbocycles. The average Bonchev–Trinajstić information content (AvgIpc) is 2.62. The minimum atomic E-state index is -0.252. The van der Waals surface area contributed by atoms with Crippen LogP contribution in [0.5, 0.6) is 0 Å². The molecule has 2 heteroatoms. The quantitative estimate of drug-likeness (QED) is 0.728. The van der Waals surface area contributed by atoms with E-state index in [1.807, 2.05) is 50.3 Å². The van der Waals surface area contributed by atoms with Crippen LogP contribution >= 0.6 is 0 Å². The first-order valence-corrected chi connectivity index (χ1v) is 7.30. The van der Waals surface area contributed by atoms with Crippen LogP contribution in [0.3, 0.4) is 0 Å². The van der Waals surface area contributed by atoms with Crippen molar-refractivity contribution in [3.05, 3.63) is 41.5 Å². The molecular formula is C18H20O2. The predicted molar refractivity (Wildman–Crippen MR) is 79.0 cm³/mol. The molecule has 0 spiro atoms. The zero-order chi connectivity index (χ0) is 14.3. The number of hydrogen-bond acceptors (Lipinski definition) is 2. The first-order chi connectivity index (χ1) is 9.47. The Hall–Kier alpha value is -1.70. The Kier molecular flexibility index (Phi) is 3.12. The van der Waals surface area contributed by atoms with Crippen LogP contribution in [0.1, 0.15) is 38.7 Å². The van der Waals surface area contributed by atoms with Crippen molar-refractivity contribution in [1.29, 1.82) is 0 Å². The molecule has 2 aliphatic carbocycles. The third-order valence-electron chi connectivity index (χ3n) is 4.73. The summed E-state index contributed by atoms with van der Waals surface area (Å²) in [6.07, 6.45) is 3.98. The molecule has 0 radical (unpaired) electrons. The van der Waals surface area contributed by atoms with E-state index < -0.39 is 0 Å². The summed E-state index contributed by atoms with van der Waals surface area (Å²) in [6.45, 7) is 4.03. The van der Waals surface area contributed by atoms with E-state index in [9.17, 15) is 9.59 Å². The molecule has 0 amide bonds. The minimum Gasteiger partial charge on any atom is -0.299 e. The van der Waals surface area contributed by atoms with Crippen LogP contribution in [0.4, 0.5) is 0 Å². The van der Waals surface area contributed by atoms with Crippen molar-refractivity contribution in [3.63, 3.8) is 0 Å². The summed E-state index contributed by atoms with van der Waals surface area (Å²) >= 11 is 0. The van der Waals surface area contributed by atoms with Gasteiger partial charge in [0.1, 0.15) is 5.78 Å². The molecular weight excluding hydrogens is 248 g/mol. The molecule has 0 aromatic heterocycles. The number of carbonyl (C=O) groups is 2. The van der Waals surface area contributed by atoms with Crippen molar-refractivity contribution in [2.45, 2.75) is 33.1 Å². The number of carbonyl (C=O) groups excluding carboxylic acids is 2. The Labute approximate surface area is 119 Å². The monoisotopic (exact) mass is 268 g/mol. The molecule has 1 aromatic carbocycles. The summed E-state index contributed by atoms with van der Waals surface area (Å²) in [5.41, 5.74) is 1.61. The molecule has 3 rings (SSSR count). The summed E-state index contributed by atoms with van der Waals surface area (Å²) < 4.78 is 0. The van der Waals surface area contributed by atoms with Crippen LogP contribution in [0, 0.1) is 17.3 Å². The Morgan fingerprint density at radius 1 is 1.10 bits per heavy atom. The van der Waals surface area contributed by atoms with E-state index in [0.717, 1.165) is 17.6 Å². The van der Waals surface area contributed by atoms with Gasteiger partial charge in [-0.25, -0.2) is 0 Å². The molecule has 2 atom stereocenters. The standard InChI is InChI=1S/C18H20O2/c1-18(2)11-14-10-16(19)13(9-15(14)17(18)20)8-12-6-4-3-5-7-12/h3-8,14-15H,9-11H2,1-2H3/b13-8+/t14-,15-/m1/s1. The highest BCUT2D eigenvalue weighted by atomic mass is 16.1. The normalized spacial score (nSPS) is 30.6. The van der Waals surface area contributed by atoms with E-state index in [1.54, 1.807) is 0 Å². The van der Waals surface area contributed by atoms with Crippen molar-refractivity contribution >= 4 is 17.6 Å². The van der Waals surface area contributed by atoms with Gasteiger partial charge in [-0.15, -0.1) is 0 Å². The SMILES string of the molecule is CC1(C)C[C@H]2CC(=O)/C(=C/c3ccccc3)C[C@H]2C1=O. The lowest BCUT2D eigenvalue weighted by molar-refractivity contribution is -0.128. The second kappa shape index (κ2) is 4.69. The summed E-state index contributed by atoms with van der Waals surface area (Å²) in [5, 5.41) is 0. The van der Waals surface area contributed by atoms with E-state index >= 15 is 0 Å². The fraction of sp³-hybridized carbons (Fsp3) is 0.444. The smallest absolute Gasteiger partial charge is 0.159 e. The molecule has 0 aliphatic heterocycles. The minimum absolute atomic E-state index is 0.0534. The molecule has 2 nitrogen and oxygen atoms in total. The zero-order valence-electron chi connectivity index (χ0n) is 12.1. The van der Waals surface area contributed by atoms with Gasteiger partial charge in [0.2, 0.25) is 0 Å². The number of hydrogen-bond donors (Lipinski definition) is 0. The topological polar surface area (TPSA) is 34.1 Å². The van der Waals surface area contributed by atoms with Gasteiger partial charge in [0.15, 0.2) is 5.78 Å². The van der Waals surface area contributed by atoms with E-state index in [1.165, 1.54) is 0 Å². The fourth-order valence-corrected chi connectivity index (χ4v) is 3.70.